The van der Waals surface area contributed by atoms with Crippen molar-refractivity contribution in [2.24, 2.45) is 0 Å². The number of hydrogen-bond donors (Lipinski definition) is 0. The van der Waals surface area contributed by atoms with E-state index < -0.39 is 36.4 Å². The van der Waals surface area contributed by atoms with Crippen LogP contribution in [-0.2, 0) is 28.5 Å². The third kappa shape index (κ3) is 8.34. The van der Waals surface area contributed by atoms with E-state index in [2.05, 4.69) is 0 Å². The van der Waals surface area contributed by atoms with Gasteiger partial charge in [-0.25, -0.2) is 9.59 Å². The SMILES string of the molecule is CO[C@H](C(=O)O[C@@H](c1ccccc1)c1cccc2cccc(Oc3cccc4cccc([C@@H](OC(=O)[C@@H](OC)c5ccccc5)c5ccccc5)c34)c12)c1ccccc1. The summed E-state index contributed by atoms with van der Waals surface area (Å²) in [7, 11) is 3.00. The fourth-order valence-electron chi connectivity index (χ4n) is 7.62. The van der Waals surface area contributed by atoms with Crippen molar-refractivity contribution in [3.63, 3.8) is 0 Å². The van der Waals surface area contributed by atoms with Crippen molar-refractivity contribution in [2.45, 2.75) is 24.4 Å². The van der Waals surface area contributed by atoms with Crippen molar-refractivity contribution in [3.8, 4) is 11.5 Å². The van der Waals surface area contributed by atoms with Gasteiger partial charge in [0, 0.05) is 36.1 Å². The number of methoxy groups -OCH3 is 2. The van der Waals surface area contributed by atoms with Gasteiger partial charge in [-0.05, 0) is 45.2 Å². The van der Waals surface area contributed by atoms with E-state index in [0.29, 0.717) is 22.6 Å². The average Bonchev–Trinajstić information content (AvgIpc) is 3.29. The minimum atomic E-state index is -0.930. The van der Waals surface area contributed by atoms with Gasteiger partial charge in [-0.3, -0.25) is 0 Å². The molecule has 8 rings (SSSR count). The van der Waals surface area contributed by atoms with Gasteiger partial charge in [-0.15, -0.1) is 0 Å². The highest BCUT2D eigenvalue weighted by Gasteiger charge is 2.31. The molecule has 292 valence electrons. The molecule has 0 amide bonds. The maximum atomic E-state index is 14.0. The number of fused-ring (bicyclic) bond motifs is 2. The molecule has 0 aliphatic rings. The standard InChI is InChI=1S/C52H42O7/c1-55-49(39-23-11-5-12-24-39)51(53)58-47(37-19-7-3-8-20-37)41-31-15-27-35-29-17-33-43(45(35)41)57-44-34-18-30-36-28-16-32-42(46(36)44)48(38-21-9-4-10-22-38)59-52(54)50(56-2)40-25-13-6-14-26-40/h3-34,47-50H,1-2H3/t47-,48-,49-,50-/m0/s1. The Morgan fingerprint density at radius 2 is 0.695 bits per heavy atom. The first kappa shape index (κ1) is 38.8. The quantitative estimate of drug-likeness (QED) is 0.102. The van der Waals surface area contributed by atoms with Crippen molar-refractivity contribution in [2.75, 3.05) is 14.2 Å². The molecule has 7 nitrogen and oxygen atoms in total. The molecule has 0 aliphatic carbocycles. The van der Waals surface area contributed by atoms with E-state index in [1.807, 2.05) is 194 Å². The van der Waals surface area contributed by atoms with E-state index in [9.17, 15) is 9.59 Å². The van der Waals surface area contributed by atoms with Gasteiger partial charge >= 0.3 is 11.9 Å². The van der Waals surface area contributed by atoms with E-state index in [-0.39, 0.29) is 0 Å². The zero-order valence-electron chi connectivity index (χ0n) is 32.6. The van der Waals surface area contributed by atoms with Gasteiger partial charge in [0.2, 0.25) is 0 Å². The minimum absolute atomic E-state index is 0.522. The van der Waals surface area contributed by atoms with Gasteiger partial charge in [0.1, 0.15) is 11.5 Å². The summed E-state index contributed by atoms with van der Waals surface area (Å²) in [6, 6.07) is 61.5. The van der Waals surface area contributed by atoms with Crippen LogP contribution < -0.4 is 4.74 Å². The average molecular weight is 779 g/mol. The molecule has 59 heavy (non-hydrogen) atoms. The van der Waals surface area contributed by atoms with Crippen LogP contribution in [0.2, 0.25) is 0 Å². The van der Waals surface area contributed by atoms with Crippen LogP contribution in [0.5, 0.6) is 11.5 Å². The fourth-order valence-corrected chi connectivity index (χ4v) is 7.62. The predicted molar refractivity (Wildman–Crippen MR) is 229 cm³/mol. The maximum absolute atomic E-state index is 14.0. The molecule has 0 aliphatic heterocycles. The van der Waals surface area contributed by atoms with Gasteiger partial charge in [-0.2, -0.15) is 0 Å². The highest BCUT2D eigenvalue weighted by molar-refractivity contribution is 5.95. The topological polar surface area (TPSA) is 80.3 Å². The summed E-state index contributed by atoms with van der Waals surface area (Å²) in [6.07, 6.45) is -3.47. The Labute approximate surface area is 343 Å². The number of benzene rings is 8. The van der Waals surface area contributed by atoms with Crippen molar-refractivity contribution in [1.82, 2.24) is 0 Å². The third-order valence-corrected chi connectivity index (χ3v) is 10.4. The molecule has 0 bridgehead atoms. The molecule has 8 aromatic carbocycles. The lowest BCUT2D eigenvalue weighted by Gasteiger charge is -2.25. The van der Waals surface area contributed by atoms with Gasteiger partial charge in [-0.1, -0.05) is 182 Å². The van der Waals surface area contributed by atoms with Crippen molar-refractivity contribution in [3.05, 3.63) is 228 Å². The van der Waals surface area contributed by atoms with E-state index in [1.54, 1.807) is 0 Å². The van der Waals surface area contributed by atoms with Gasteiger partial charge in [0.05, 0.1) is 0 Å². The molecule has 0 fully saturated rings. The van der Waals surface area contributed by atoms with Crippen LogP contribution in [0, 0.1) is 0 Å². The normalized spacial score (nSPS) is 13.3. The smallest absolute Gasteiger partial charge is 0.340 e. The molecule has 0 aromatic heterocycles. The Morgan fingerprint density at radius 3 is 1.03 bits per heavy atom. The van der Waals surface area contributed by atoms with Gasteiger partial charge < -0.3 is 23.7 Å². The van der Waals surface area contributed by atoms with Crippen molar-refractivity contribution < 1.29 is 33.3 Å². The summed E-state index contributed by atoms with van der Waals surface area (Å²) in [6.45, 7) is 0. The summed E-state index contributed by atoms with van der Waals surface area (Å²) < 4.78 is 31.3. The molecular formula is C52H42O7. The second kappa shape index (κ2) is 18.0. The van der Waals surface area contributed by atoms with Gasteiger partial charge in [0.15, 0.2) is 24.4 Å². The molecule has 0 spiro atoms. The van der Waals surface area contributed by atoms with Crippen LogP contribution >= 0.6 is 0 Å². The number of carbonyl (C=O) groups is 2. The highest BCUT2D eigenvalue weighted by Crippen LogP contribution is 2.43. The van der Waals surface area contributed by atoms with Crippen LogP contribution in [0.25, 0.3) is 21.5 Å². The molecule has 0 heterocycles. The second-order valence-electron chi connectivity index (χ2n) is 14.0. The first-order chi connectivity index (χ1) is 29.0. The molecule has 7 heteroatoms. The number of hydrogen-bond acceptors (Lipinski definition) is 7. The molecule has 0 N–H and O–H groups in total. The minimum Gasteiger partial charge on any atom is -0.456 e. The number of rotatable bonds is 14. The summed E-state index contributed by atoms with van der Waals surface area (Å²) in [5.74, 6) is 0.0679. The highest BCUT2D eigenvalue weighted by atomic mass is 16.6. The lowest BCUT2D eigenvalue weighted by atomic mass is 9.94. The summed E-state index contributed by atoms with van der Waals surface area (Å²) >= 11 is 0. The third-order valence-electron chi connectivity index (χ3n) is 10.4. The Hall–Kier alpha value is -7.06. The van der Waals surface area contributed by atoms with Crippen LogP contribution in [0.1, 0.15) is 57.8 Å². The summed E-state index contributed by atoms with van der Waals surface area (Å²) in [5.41, 5.74) is 4.44. The van der Waals surface area contributed by atoms with Crippen LogP contribution in [0.4, 0.5) is 0 Å². The van der Waals surface area contributed by atoms with Gasteiger partial charge in [0.25, 0.3) is 0 Å². The predicted octanol–water partition coefficient (Wildman–Crippen LogP) is 11.8. The Bertz CT molecular complexity index is 2470. The first-order valence-corrected chi connectivity index (χ1v) is 19.4. The summed E-state index contributed by atoms with van der Waals surface area (Å²) in [5, 5.41) is 3.34. The van der Waals surface area contributed by atoms with Crippen LogP contribution in [-0.4, -0.2) is 26.2 Å². The van der Waals surface area contributed by atoms with Crippen LogP contribution in [0.3, 0.4) is 0 Å². The van der Waals surface area contributed by atoms with Crippen molar-refractivity contribution >= 4 is 33.5 Å². The zero-order chi connectivity index (χ0) is 40.6. The summed E-state index contributed by atoms with van der Waals surface area (Å²) in [4.78, 5) is 28.0. The lowest BCUT2D eigenvalue weighted by Crippen LogP contribution is -2.21. The number of carbonyl (C=O) groups excluding carboxylic acids is 2. The largest absolute Gasteiger partial charge is 0.456 e. The molecule has 4 atom stereocenters. The van der Waals surface area contributed by atoms with E-state index in [0.717, 1.165) is 43.8 Å². The molecular weight excluding hydrogens is 737 g/mol. The molecule has 0 saturated heterocycles. The number of esters is 2. The number of ether oxygens (including phenoxy) is 5. The Kier molecular flexibility index (Phi) is 11.9. The molecule has 8 aromatic rings. The first-order valence-electron chi connectivity index (χ1n) is 19.4. The molecule has 0 saturated carbocycles. The van der Waals surface area contributed by atoms with E-state index in [4.69, 9.17) is 23.7 Å². The maximum Gasteiger partial charge on any atom is 0.340 e. The molecule has 0 unspecified atom stereocenters. The Balaban J connectivity index is 1.23. The fraction of sp³-hybridized carbons (Fsp3) is 0.115. The van der Waals surface area contributed by atoms with E-state index >= 15 is 0 Å². The van der Waals surface area contributed by atoms with Crippen LogP contribution in [0.15, 0.2) is 194 Å². The van der Waals surface area contributed by atoms with Crippen molar-refractivity contribution in [1.29, 1.82) is 0 Å². The van der Waals surface area contributed by atoms with E-state index in [1.165, 1.54) is 14.2 Å². The zero-order valence-corrected chi connectivity index (χ0v) is 32.6. The lowest BCUT2D eigenvalue weighted by molar-refractivity contribution is -0.160. The second-order valence-corrected chi connectivity index (χ2v) is 14.0. The monoisotopic (exact) mass is 778 g/mol. The Morgan fingerprint density at radius 1 is 0.373 bits per heavy atom. The molecule has 0 radical (unpaired) electrons.